The minimum atomic E-state index is -0.690. The molecular formula is C20H20Cl2N2O2. The number of aliphatic carboxylic acids is 1. The quantitative estimate of drug-likeness (QED) is 0.833. The van der Waals surface area contributed by atoms with Crippen molar-refractivity contribution in [3.63, 3.8) is 0 Å². The fraction of sp³-hybridized carbons (Fsp3) is 0.350. The highest BCUT2D eigenvalue weighted by molar-refractivity contribution is 6.39. The number of rotatable bonds is 5. The van der Waals surface area contributed by atoms with Crippen LogP contribution in [0.2, 0.25) is 10.0 Å². The van der Waals surface area contributed by atoms with Crippen LogP contribution in [-0.4, -0.2) is 42.2 Å². The monoisotopic (exact) mass is 390 g/mol. The Morgan fingerprint density at radius 3 is 2.19 bits per heavy atom. The Balaban J connectivity index is 1.32. The van der Waals surface area contributed by atoms with Crippen LogP contribution in [0.1, 0.15) is 17.0 Å². The van der Waals surface area contributed by atoms with Crippen LogP contribution < -0.4 is 4.90 Å². The highest BCUT2D eigenvalue weighted by Crippen LogP contribution is 2.40. The molecule has 2 saturated heterocycles. The third-order valence-corrected chi connectivity index (χ3v) is 5.91. The van der Waals surface area contributed by atoms with E-state index >= 15 is 0 Å². The summed E-state index contributed by atoms with van der Waals surface area (Å²) in [6, 6.07) is 14.3. The molecular weight excluding hydrogens is 371 g/mol. The van der Waals surface area contributed by atoms with Crippen molar-refractivity contribution in [1.29, 1.82) is 0 Å². The Labute approximate surface area is 162 Å². The summed E-state index contributed by atoms with van der Waals surface area (Å²) >= 11 is 12.6. The number of benzene rings is 2. The highest BCUT2D eigenvalue weighted by atomic mass is 35.5. The van der Waals surface area contributed by atoms with Crippen LogP contribution in [-0.2, 0) is 11.3 Å². The van der Waals surface area contributed by atoms with Gasteiger partial charge in [0.1, 0.15) is 0 Å². The average Bonchev–Trinajstić information content (AvgIpc) is 2.52. The van der Waals surface area contributed by atoms with Crippen LogP contribution in [0.4, 0.5) is 5.69 Å². The zero-order chi connectivity index (χ0) is 18.3. The Morgan fingerprint density at radius 2 is 1.62 bits per heavy atom. The summed E-state index contributed by atoms with van der Waals surface area (Å²) in [5, 5.41) is 10.3. The van der Waals surface area contributed by atoms with E-state index in [0.29, 0.717) is 29.1 Å². The molecule has 2 aliphatic rings. The molecule has 2 fully saturated rings. The van der Waals surface area contributed by atoms with Crippen molar-refractivity contribution in [3.05, 3.63) is 63.6 Å². The molecule has 2 heterocycles. The first-order valence-electron chi connectivity index (χ1n) is 8.74. The van der Waals surface area contributed by atoms with E-state index in [9.17, 15) is 4.79 Å². The van der Waals surface area contributed by atoms with Gasteiger partial charge < -0.3 is 10.0 Å². The van der Waals surface area contributed by atoms with Crippen LogP contribution in [0.5, 0.6) is 0 Å². The van der Waals surface area contributed by atoms with Crippen molar-refractivity contribution in [2.45, 2.75) is 12.5 Å². The zero-order valence-electron chi connectivity index (χ0n) is 14.2. The number of hydrogen-bond donors (Lipinski definition) is 1. The van der Waals surface area contributed by atoms with Crippen molar-refractivity contribution in [3.8, 4) is 0 Å². The number of carbonyl (C=O) groups is 1. The Hall–Kier alpha value is -1.75. The second-order valence-electron chi connectivity index (χ2n) is 7.14. The minimum Gasteiger partial charge on any atom is -0.481 e. The van der Waals surface area contributed by atoms with Crippen LogP contribution in [0.25, 0.3) is 0 Å². The van der Waals surface area contributed by atoms with Gasteiger partial charge in [0.05, 0.1) is 21.7 Å². The molecule has 2 aromatic rings. The van der Waals surface area contributed by atoms with Crippen molar-refractivity contribution < 1.29 is 9.90 Å². The maximum atomic E-state index is 10.9. The summed E-state index contributed by atoms with van der Waals surface area (Å²) in [6.07, 6.45) is 0. The predicted octanol–water partition coefficient (Wildman–Crippen LogP) is 4.11. The van der Waals surface area contributed by atoms with Crippen LogP contribution in [0.15, 0.2) is 42.5 Å². The van der Waals surface area contributed by atoms with Crippen molar-refractivity contribution in [2.75, 3.05) is 31.1 Å². The zero-order valence-corrected chi connectivity index (χ0v) is 15.7. The Kier molecular flexibility index (Phi) is 4.82. The third kappa shape index (κ3) is 3.41. The SMILES string of the molecule is O=C(O)C1CN(Cc2ccc(C3CN(c4c(Cl)cccc4Cl)C3)cc2)C1. The van der Waals surface area contributed by atoms with E-state index in [1.807, 2.05) is 18.2 Å². The van der Waals surface area contributed by atoms with Gasteiger partial charge in [0.2, 0.25) is 0 Å². The summed E-state index contributed by atoms with van der Waals surface area (Å²) in [4.78, 5) is 15.2. The molecule has 4 rings (SSSR count). The molecule has 0 spiro atoms. The van der Waals surface area contributed by atoms with Gasteiger partial charge in [0, 0.05) is 38.6 Å². The van der Waals surface area contributed by atoms with Crippen molar-refractivity contribution >= 4 is 34.9 Å². The summed E-state index contributed by atoms with van der Waals surface area (Å²) < 4.78 is 0. The first kappa shape index (κ1) is 17.7. The van der Waals surface area contributed by atoms with Crippen molar-refractivity contribution in [2.24, 2.45) is 5.92 Å². The summed E-state index contributed by atoms with van der Waals surface area (Å²) in [6.45, 7) is 3.93. The van der Waals surface area contributed by atoms with Crippen molar-refractivity contribution in [1.82, 2.24) is 4.90 Å². The van der Waals surface area contributed by atoms with Crippen LogP contribution in [0, 0.1) is 5.92 Å². The molecule has 6 heteroatoms. The van der Waals surface area contributed by atoms with E-state index in [2.05, 4.69) is 34.1 Å². The maximum Gasteiger partial charge on any atom is 0.309 e. The molecule has 0 unspecified atom stereocenters. The lowest BCUT2D eigenvalue weighted by Gasteiger charge is -2.42. The molecule has 0 aromatic heterocycles. The summed E-state index contributed by atoms with van der Waals surface area (Å²) in [5.41, 5.74) is 3.47. The van der Waals surface area contributed by atoms with Gasteiger partial charge in [0.25, 0.3) is 0 Å². The van der Waals surface area contributed by atoms with Gasteiger partial charge in [-0.15, -0.1) is 0 Å². The largest absolute Gasteiger partial charge is 0.481 e. The lowest BCUT2D eigenvalue weighted by atomic mass is 9.90. The average molecular weight is 391 g/mol. The maximum absolute atomic E-state index is 10.9. The van der Waals surface area contributed by atoms with Gasteiger partial charge in [-0.1, -0.05) is 53.5 Å². The lowest BCUT2D eigenvalue weighted by Crippen LogP contribution is -2.49. The summed E-state index contributed by atoms with van der Waals surface area (Å²) in [5.74, 6) is -0.409. The van der Waals surface area contributed by atoms with E-state index in [-0.39, 0.29) is 5.92 Å². The van der Waals surface area contributed by atoms with Gasteiger partial charge >= 0.3 is 5.97 Å². The van der Waals surface area contributed by atoms with Gasteiger partial charge in [0.15, 0.2) is 0 Å². The number of hydrogen-bond acceptors (Lipinski definition) is 3. The third-order valence-electron chi connectivity index (χ3n) is 5.30. The molecule has 1 N–H and O–H groups in total. The molecule has 0 radical (unpaired) electrons. The number of likely N-dealkylation sites (tertiary alicyclic amines) is 1. The number of halogens is 2. The van der Waals surface area contributed by atoms with E-state index in [4.69, 9.17) is 28.3 Å². The minimum absolute atomic E-state index is 0.202. The molecule has 136 valence electrons. The Bertz CT molecular complexity index is 793. The normalized spacial score (nSPS) is 18.5. The molecule has 4 nitrogen and oxygen atoms in total. The first-order valence-corrected chi connectivity index (χ1v) is 9.50. The standard InChI is InChI=1S/C20H20Cl2N2O2/c21-17-2-1-3-18(22)19(17)24-11-15(12-24)14-6-4-13(5-7-14)8-23-9-16(10-23)20(25)26/h1-7,15-16H,8-12H2,(H,25,26). The molecule has 0 aliphatic carbocycles. The molecule has 2 aromatic carbocycles. The highest BCUT2D eigenvalue weighted by Gasteiger charge is 2.33. The Morgan fingerprint density at radius 1 is 1.00 bits per heavy atom. The van der Waals surface area contributed by atoms with Gasteiger partial charge in [-0.05, 0) is 23.3 Å². The molecule has 0 bridgehead atoms. The van der Waals surface area contributed by atoms with Crippen LogP contribution in [0.3, 0.4) is 0 Å². The van der Waals surface area contributed by atoms with E-state index < -0.39 is 5.97 Å². The molecule has 26 heavy (non-hydrogen) atoms. The fourth-order valence-corrected chi connectivity index (χ4v) is 4.31. The van der Waals surface area contributed by atoms with E-state index in [1.54, 1.807) is 0 Å². The van der Waals surface area contributed by atoms with Gasteiger partial charge in [-0.25, -0.2) is 0 Å². The second kappa shape index (κ2) is 7.10. The van der Waals surface area contributed by atoms with E-state index in [0.717, 1.165) is 25.3 Å². The number of carboxylic acids is 1. The first-order chi connectivity index (χ1) is 12.5. The topological polar surface area (TPSA) is 43.8 Å². The van der Waals surface area contributed by atoms with Gasteiger partial charge in [-0.2, -0.15) is 0 Å². The lowest BCUT2D eigenvalue weighted by molar-refractivity contribution is -0.147. The predicted molar refractivity (Wildman–Crippen MR) is 104 cm³/mol. The van der Waals surface area contributed by atoms with E-state index in [1.165, 1.54) is 11.1 Å². The number of anilines is 1. The second-order valence-corrected chi connectivity index (χ2v) is 7.96. The molecule has 2 aliphatic heterocycles. The fourth-order valence-electron chi connectivity index (χ4n) is 3.67. The number of para-hydroxylation sites is 1. The molecule has 0 amide bonds. The van der Waals surface area contributed by atoms with Crippen LogP contribution >= 0.6 is 23.2 Å². The molecule has 0 saturated carbocycles. The summed E-state index contributed by atoms with van der Waals surface area (Å²) in [7, 11) is 0. The smallest absolute Gasteiger partial charge is 0.309 e. The number of nitrogens with zero attached hydrogens (tertiary/aromatic N) is 2. The van der Waals surface area contributed by atoms with Gasteiger partial charge in [-0.3, -0.25) is 9.69 Å². The number of carboxylic acid groups (broad SMARTS) is 1. The molecule has 0 atom stereocenters.